The highest BCUT2D eigenvalue weighted by atomic mass is 79.9. The number of benzene rings is 1. The largest absolute Gasteiger partial charge is 0.494 e. The molecule has 3 heteroatoms. The first-order valence-corrected chi connectivity index (χ1v) is 6.63. The van der Waals surface area contributed by atoms with E-state index in [0.717, 1.165) is 29.8 Å². The molecule has 16 heavy (non-hydrogen) atoms. The molecule has 90 valence electrons. The first kappa shape index (κ1) is 13.5. The molecule has 0 aliphatic heterocycles. The highest BCUT2D eigenvalue weighted by Gasteiger charge is 2.01. The standard InChI is InChI=1S/C13H20BrNO/c1-3-4-5-8-16-12-6-7-13(14)11(9-12)10-15-2/h6-7,9,15H,3-5,8,10H2,1-2H3. The van der Waals surface area contributed by atoms with Crippen molar-refractivity contribution in [2.24, 2.45) is 0 Å². The number of halogens is 1. The van der Waals surface area contributed by atoms with E-state index in [1.165, 1.54) is 18.4 Å². The second-order valence-electron chi connectivity index (χ2n) is 3.84. The molecule has 0 radical (unpaired) electrons. The number of nitrogens with one attached hydrogen (secondary N) is 1. The fourth-order valence-electron chi connectivity index (χ4n) is 1.51. The fourth-order valence-corrected chi connectivity index (χ4v) is 1.90. The van der Waals surface area contributed by atoms with Crippen molar-refractivity contribution >= 4 is 15.9 Å². The summed E-state index contributed by atoms with van der Waals surface area (Å²) < 4.78 is 6.83. The van der Waals surface area contributed by atoms with Crippen molar-refractivity contribution in [1.82, 2.24) is 5.32 Å². The molecule has 0 amide bonds. The normalized spacial score (nSPS) is 10.4. The zero-order valence-corrected chi connectivity index (χ0v) is 11.6. The molecule has 0 unspecified atom stereocenters. The van der Waals surface area contributed by atoms with Crippen LogP contribution in [0.15, 0.2) is 22.7 Å². The molecule has 1 rings (SSSR count). The summed E-state index contributed by atoms with van der Waals surface area (Å²) >= 11 is 3.53. The summed E-state index contributed by atoms with van der Waals surface area (Å²) in [5.41, 5.74) is 1.23. The molecule has 0 aromatic heterocycles. The van der Waals surface area contributed by atoms with Crippen molar-refractivity contribution in [3.63, 3.8) is 0 Å². The minimum Gasteiger partial charge on any atom is -0.494 e. The molecule has 0 bridgehead atoms. The van der Waals surface area contributed by atoms with Crippen molar-refractivity contribution in [2.75, 3.05) is 13.7 Å². The Kier molecular flexibility index (Phi) is 6.50. The molecule has 2 nitrogen and oxygen atoms in total. The monoisotopic (exact) mass is 285 g/mol. The van der Waals surface area contributed by atoms with Crippen LogP contribution in [0, 0.1) is 0 Å². The zero-order chi connectivity index (χ0) is 11.8. The van der Waals surface area contributed by atoms with Crippen LogP contribution in [-0.4, -0.2) is 13.7 Å². The van der Waals surface area contributed by atoms with Crippen LogP contribution in [-0.2, 0) is 6.54 Å². The molecule has 0 fully saturated rings. The van der Waals surface area contributed by atoms with Gasteiger partial charge in [0.1, 0.15) is 5.75 Å². The summed E-state index contributed by atoms with van der Waals surface area (Å²) in [6.07, 6.45) is 3.60. The Morgan fingerprint density at radius 1 is 1.31 bits per heavy atom. The predicted octanol–water partition coefficient (Wildman–Crippen LogP) is 3.74. The number of unbranched alkanes of at least 4 members (excludes halogenated alkanes) is 2. The van der Waals surface area contributed by atoms with Crippen molar-refractivity contribution in [3.05, 3.63) is 28.2 Å². The maximum atomic E-state index is 5.70. The molecule has 1 aromatic carbocycles. The Morgan fingerprint density at radius 3 is 2.81 bits per heavy atom. The Hall–Kier alpha value is -0.540. The lowest BCUT2D eigenvalue weighted by Gasteiger charge is -2.09. The molecular formula is C13H20BrNO. The molecule has 0 saturated heterocycles. The van der Waals surface area contributed by atoms with Gasteiger partial charge in [0, 0.05) is 11.0 Å². The average Bonchev–Trinajstić information content (AvgIpc) is 2.29. The van der Waals surface area contributed by atoms with Crippen molar-refractivity contribution in [1.29, 1.82) is 0 Å². The quantitative estimate of drug-likeness (QED) is 0.771. The van der Waals surface area contributed by atoms with Gasteiger partial charge in [-0.15, -0.1) is 0 Å². The van der Waals surface area contributed by atoms with Crippen LogP contribution >= 0.6 is 15.9 Å². The maximum Gasteiger partial charge on any atom is 0.119 e. The van der Waals surface area contributed by atoms with Gasteiger partial charge in [0.2, 0.25) is 0 Å². The van der Waals surface area contributed by atoms with Gasteiger partial charge < -0.3 is 10.1 Å². The van der Waals surface area contributed by atoms with E-state index < -0.39 is 0 Å². The van der Waals surface area contributed by atoms with E-state index in [-0.39, 0.29) is 0 Å². The van der Waals surface area contributed by atoms with E-state index >= 15 is 0 Å². The molecular weight excluding hydrogens is 266 g/mol. The maximum absolute atomic E-state index is 5.70. The zero-order valence-electron chi connectivity index (χ0n) is 10.1. The average molecular weight is 286 g/mol. The fraction of sp³-hybridized carbons (Fsp3) is 0.538. The van der Waals surface area contributed by atoms with E-state index in [1.54, 1.807) is 0 Å². The third-order valence-electron chi connectivity index (χ3n) is 2.40. The van der Waals surface area contributed by atoms with Gasteiger partial charge in [-0.1, -0.05) is 35.7 Å². The molecule has 0 heterocycles. The van der Waals surface area contributed by atoms with Gasteiger partial charge in [0.15, 0.2) is 0 Å². The van der Waals surface area contributed by atoms with Gasteiger partial charge >= 0.3 is 0 Å². The summed E-state index contributed by atoms with van der Waals surface area (Å²) in [6, 6.07) is 6.14. The second-order valence-corrected chi connectivity index (χ2v) is 4.69. The molecule has 0 aliphatic rings. The smallest absolute Gasteiger partial charge is 0.119 e. The molecule has 0 saturated carbocycles. The lowest BCUT2D eigenvalue weighted by Crippen LogP contribution is -2.06. The minimum atomic E-state index is 0.814. The van der Waals surface area contributed by atoms with Gasteiger partial charge in [0.25, 0.3) is 0 Å². The van der Waals surface area contributed by atoms with Crippen LogP contribution < -0.4 is 10.1 Å². The number of hydrogen-bond donors (Lipinski definition) is 1. The van der Waals surface area contributed by atoms with Crippen molar-refractivity contribution in [3.8, 4) is 5.75 Å². The Morgan fingerprint density at radius 2 is 2.12 bits per heavy atom. The first-order chi connectivity index (χ1) is 7.77. The van der Waals surface area contributed by atoms with E-state index in [4.69, 9.17) is 4.74 Å². The molecule has 1 aromatic rings. The van der Waals surface area contributed by atoms with Crippen LogP contribution in [0.2, 0.25) is 0 Å². The van der Waals surface area contributed by atoms with Gasteiger partial charge in [-0.05, 0) is 37.2 Å². The summed E-state index contributed by atoms with van der Waals surface area (Å²) in [4.78, 5) is 0. The summed E-state index contributed by atoms with van der Waals surface area (Å²) in [5, 5.41) is 3.14. The Labute approximate surface area is 107 Å². The van der Waals surface area contributed by atoms with Crippen LogP contribution in [0.25, 0.3) is 0 Å². The highest BCUT2D eigenvalue weighted by Crippen LogP contribution is 2.22. The van der Waals surface area contributed by atoms with E-state index in [2.05, 4.69) is 34.2 Å². The third-order valence-corrected chi connectivity index (χ3v) is 3.17. The van der Waals surface area contributed by atoms with Crippen molar-refractivity contribution < 1.29 is 4.74 Å². The molecule has 1 N–H and O–H groups in total. The van der Waals surface area contributed by atoms with Crippen LogP contribution in [0.3, 0.4) is 0 Å². The summed E-state index contributed by atoms with van der Waals surface area (Å²) in [6.45, 7) is 3.87. The second kappa shape index (κ2) is 7.69. The highest BCUT2D eigenvalue weighted by molar-refractivity contribution is 9.10. The Bertz CT molecular complexity index is 315. The lowest BCUT2D eigenvalue weighted by molar-refractivity contribution is 0.306. The number of hydrogen-bond acceptors (Lipinski definition) is 2. The first-order valence-electron chi connectivity index (χ1n) is 5.83. The van der Waals surface area contributed by atoms with Crippen molar-refractivity contribution in [2.45, 2.75) is 32.7 Å². The minimum absolute atomic E-state index is 0.814. The third kappa shape index (κ3) is 4.54. The van der Waals surface area contributed by atoms with Gasteiger partial charge in [-0.25, -0.2) is 0 Å². The van der Waals surface area contributed by atoms with E-state index in [9.17, 15) is 0 Å². The molecule has 0 aliphatic carbocycles. The molecule has 0 atom stereocenters. The topological polar surface area (TPSA) is 21.3 Å². The van der Waals surface area contributed by atoms with Gasteiger partial charge in [-0.2, -0.15) is 0 Å². The SMILES string of the molecule is CCCCCOc1ccc(Br)c(CNC)c1. The van der Waals surface area contributed by atoms with E-state index in [0.29, 0.717) is 0 Å². The molecule has 0 spiro atoms. The van der Waals surface area contributed by atoms with Crippen LogP contribution in [0.1, 0.15) is 31.7 Å². The predicted molar refractivity (Wildman–Crippen MR) is 71.9 cm³/mol. The van der Waals surface area contributed by atoms with E-state index in [1.807, 2.05) is 19.2 Å². The summed E-state index contributed by atoms with van der Waals surface area (Å²) in [5.74, 6) is 0.963. The van der Waals surface area contributed by atoms with Gasteiger partial charge in [-0.3, -0.25) is 0 Å². The van der Waals surface area contributed by atoms with Crippen LogP contribution in [0.4, 0.5) is 0 Å². The van der Waals surface area contributed by atoms with Crippen LogP contribution in [0.5, 0.6) is 5.75 Å². The number of ether oxygens (including phenoxy) is 1. The van der Waals surface area contributed by atoms with Gasteiger partial charge in [0.05, 0.1) is 6.61 Å². The number of rotatable bonds is 7. The summed E-state index contributed by atoms with van der Waals surface area (Å²) in [7, 11) is 1.95. The lowest BCUT2D eigenvalue weighted by atomic mass is 10.2. The Balaban J connectivity index is 2.50.